The Bertz CT molecular complexity index is 1010. The van der Waals surface area contributed by atoms with Crippen molar-refractivity contribution >= 4 is 27.5 Å². The largest absolute Gasteiger partial charge is 0.354 e. The van der Waals surface area contributed by atoms with Crippen LogP contribution in [0.5, 0.6) is 0 Å². The van der Waals surface area contributed by atoms with Gasteiger partial charge in [-0.15, -0.1) is 0 Å². The van der Waals surface area contributed by atoms with Crippen LogP contribution < -0.4 is 10.2 Å². The number of rotatable bonds is 6. The number of nitrogens with zero attached hydrogens (tertiary/aromatic N) is 2. The smallest absolute Gasteiger partial charge is 0.243 e. The van der Waals surface area contributed by atoms with Gasteiger partial charge in [0.2, 0.25) is 21.8 Å². The lowest BCUT2D eigenvalue weighted by Crippen LogP contribution is -2.47. The second-order valence-electron chi connectivity index (χ2n) is 9.01. The van der Waals surface area contributed by atoms with Crippen molar-refractivity contribution in [2.24, 2.45) is 0 Å². The summed E-state index contributed by atoms with van der Waals surface area (Å²) in [6.07, 6.45) is 10.9. The number of piperidine rings is 1. The number of fused-ring (bicyclic) bond motifs is 1. The van der Waals surface area contributed by atoms with Crippen LogP contribution in [-0.4, -0.2) is 50.2 Å². The van der Waals surface area contributed by atoms with E-state index in [1.54, 1.807) is 22.5 Å². The third kappa shape index (κ3) is 4.76. The normalized spacial score (nSPS) is 21.7. The molecule has 2 amide bonds. The molecule has 1 unspecified atom stereocenters. The summed E-state index contributed by atoms with van der Waals surface area (Å²) in [5, 5.41) is 2.99. The molecule has 1 aromatic carbocycles. The van der Waals surface area contributed by atoms with Gasteiger partial charge in [-0.25, -0.2) is 8.42 Å². The van der Waals surface area contributed by atoms with E-state index in [1.165, 1.54) is 30.2 Å². The Balaban J connectivity index is 1.48. The van der Waals surface area contributed by atoms with Crippen molar-refractivity contribution in [2.45, 2.75) is 75.6 Å². The van der Waals surface area contributed by atoms with Crippen LogP contribution in [0.3, 0.4) is 0 Å². The van der Waals surface area contributed by atoms with Gasteiger partial charge < -0.3 is 5.32 Å². The Kier molecular flexibility index (Phi) is 7.00. The maximum atomic E-state index is 13.1. The minimum Gasteiger partial charge on any atom is -0.354 e. The molecular formula is C24H33N3O4S. The van der Waals surface area contributed by atoms with E-state index in [-0.39, 0.29) is 16.7 Å². The summed E-state index contributed by atoms with van der Waals surface area (Å²) in [5.74, 6) is -0.404. The lowest BCUT2D eigenvalue weighted by molar-refractivity contribution is -0.125. The zero-order valence-corrected chi connectivity index (χ0v) is 19.6. The topological polar surface area (TPSA) is 86.8 Å². The second kappa shape index (κ2) is 9.75. The predicted octanol–water partition coefficient (Wildman–Crippen LogP) is 3.15. The van der Waals surface area contributed by atoms with E-state index >= 15 is 0 Å². The molecule has 0 spiro atoms. The summed E-state index contributed by atoms with van der Waals surface area (Å²) < 4.78 is 27.7. The van der Waals surface area contributed by atoms with Gasteiger partial charge in [0.05, 0.1) is 4.90 Å². The molecule has 0 saturated carbocycles. The van der Waals surface area contributed by atoms with Crippen LogP contribution in [0, 0.1) is 0 Å². The average molecular weight is 460 g/mol. The molecule has 174 valence electrons. The Hall–Kier alpha value is -2.19. The van der Waals surface area contributed by atoms with Crippen LogP contribution in [0.1, 0.15) is 63.9 Å². The van der Waals surface area contributed by atoms with E-state index in [9.17, 15) is 18.0 Å². The number of amides is 2. The highest BCUT2D eigenvalue weighted by molar-refractivity contribution is 7.89. The van der Waals surface area contributed by atoms with Crippen LogP contribution in [0.25, 0.3) is 0 Å². The maximum absolute atomic E-state index is 13.1. The highest BCUT2D eigenvalue weighted by Crippen LogP contribution is 2.35. The van der Waals surface area contributed by atoms with Gasteiger partial charge in [-0.3, -0.25) is 14.5 Å². The first-order valence-electron chi connectivity index (χ1n) is 11.8. The van der Waals surface area contributed by atoms with Crippen molar-refractivity contribution in [2.75, 3.05) is 24.5 Å². The van der Waals surface area contributed by atoms with Crippen LogP contribution >= 0.6 is 0 Å². The SMILES string of the molecule is CC(=O)N1c2ccc(S(=O)(=O)N3CCCCC3)cc2CC1C(=O)NCCC1=CCCCC1. The quantitative estimate of drug-likeness (QED) is 0.662. The van der Waals surface area contributed by atoms with Gasteiger partial charge in [0.25, 0.3) is 0 Å². The molecule has 0 radical (unpaired) electrons. The lowest BCUT2D eigenvalue weighted by Gasteiger charge is -2.26. The van der Waals surface area contributed by atoms with E-state index in [0.29, 0.717) is 31.7 Å². The molecule has 1 aromatic rings. The Morgan fingerprint density at radius 2 is 1.88 bits per heavy atom. The number of anilines is 1. The third-order valence-corrected chi connectivity index (χ3v) is 8.66. The number of benzene rings is 1. The molecule has 2 aliphatic heterocycles. The Morgan fingerprint density at radius 3 is 2.56 bits per heavy atom. The van der Waals surface area contributed by atoms with E-state index in [2.05, 4.69) is 11.4 Å². The number of sulfonamides is 1. The first-order chi connectivity index (χ1) is 15.4. The molecule has 1 N–H and O–H groups in total. The van der Waals surface area contributed by atoms with Crippen LogP contribution in [0.2, 0.25) is 0 Å². The summed E-state index contributed by atoms with van der Waals surface area (Å²) >= 11 is 0. The molecule has 1 fully saturated rings. The highest BCUT2D eigenvalue weighted by atomic mass is 32.2. The molecular weight excluding hydrogens is 426 g/mol. The summed E-state index contributed by atoms with van der Waals surface area (Å²) in [5.41, 5.74) is 2.75. The van der Waals surface area contributed by atoms with Crippen LogP contribution in [0.15, 0.2) is 34.7 Å². The number of allylic oxidation sites excluding steroid dienone is 1. The molecule has 0 bridgehead atoms. The first kappa shape index (κ1) is 23.0. The van der Waals surface area contributed by atoms with Crippen molar-refractivity contribution in [3.05, 3.63) is 35.4 Å². The van der Waals surface area contributed by atoms with Crippen molar-refractivity contribution in [3.8, 4) is 0 Å². The number of carbonyl (C=O) groups excluding carboxylic acids is 2. The molecule has 2 heterocycles. The van der Waals surface area contributed by atoms with E-state index in [1.807, 2.05) is 0 Å². The van der Waals surface area contributed by atoms with Crippen molar-refractivity contribution < 1.29 is 18.0 Å². The zero-order valence-electron chi connectivity index (χ0n) is 18.8. The van der Waals surface area contributed by atoms with Gasteiger partial charge in [-0.1, -0.05) is 18.1 Å². The maximum Gasteiger partial charge on any atom is 0.243 e. The molecule has 3 aliphatic rings. The summed E-state index contributed by atoms with van der Waals surface area (Å²) in [7, 11) is -3.56. The molecule has 7 nitrogen and oxygen atoms in total. The minimum atomic E-state index is -3.56. The van der Waals surface area contributed by atoms with Gasteiger partial charge in [-0.2, -0.15) is 4.31 Å². The molecule has 4 rings (SSSR count). The van der Waals surface area contributed by atoms with Crippen molar-refractivity contribution in [1.82, 2.24) is 9.62 Å². The first-order valence-corrected chi connectivity index (χ1v) is 13.2. The fourth-order valence-corrected chi connectivity index (χ4v) is 6.61. The van der Waals surface area contributed by atoms with Gasteiger partial charge in [0, 0.05) is 38.7 Å². The second-order valence-corrected chi connectivity index (χ2v) is 11.0. The number of nitrogens with one attached hydrogen (secondary N) is 1. The summed E-state index contributed by atoms with van der Waals surface area (Å²) in [6, 6.07) is 4.24. The molecule has 8 heteroatoms. The Labute approximate surface area is 190 Å². The van der Waals surface area contributed by atoms with Crippen molar-refractivity contribution in [3.63, 3.8) is 0 Å². The van der Waals surface area contributed by atoms with Crippen LogP contribution in [-0.2, 0) is 26.0 Å². The monoisotopic (exact) mass is 459 g/mol. The third-order valence-electron chi connectivity index (χ3n) is 6.76. The van der Waals surface area contributed by atoms with Crippen molar-refractivity contribution in [1.29, 1.82) is 0 Å². The van der Waals surface area contributed by atoms with E-state index in [4.69, 9.17) is 0 Å². The fraction of sp³-hybridized carbons (Fsp3) is 0.583. The standard InChI is InChI=1S/C24H33N3O4S/c1-18(28)27-22-11-10-21(32(30,31)26-14-6-3-7-15-26)16-20(22)17-23(27)24(29)25-13-12-19-8-4-2-5-9-19/h8,10-11,16,23H,2-7,9,12-15,17H2,1H3,(H,25,29). The average Bonchev–Trinajstić information content (AvgIpc) is 3.19. The van der Waals surface area contributed by atoms with E-state index < -0.39 is 16.1 Å². The lowest BCUT2D eigenvalue weighted by atomic mass is 9.97. The Morgan fingerprint density at radius 1 is 1.09 bits per heavy atom. The van der Waals surface area contributed by atoms with Gasteiger partial charge >= 0.3 is 0 Å². The molecule has 32 heavy (non-hydrogen) atoms. The number of hydrogen-bond acceptors (Lipinski definition) is 4. The predicted molar refractivity (Wildman–Crippen MR) is 124 cm³/mol. The molecule has 0 aromatic heterocycles. The molecule has 1 aliphatic carbocycles. The van der Waals surface area contributed by atoms with Gasteiger partial charge in [0.1, 0.15) is 6.04 Å². The summed E-state index contributed by atoms with van der Waals surface area (Å²) in [6.45, 7) is 3.08. The van der Waals surface area contributed by atoms with Gasteiger partial charge in [-0.05, 0) is 68.7 Å². The summed E-state index contributed by atoms with van der Waals surface area (Å²) in [4.78, 5) is 27.1. The van der Waals surface area contributed by atoms with Crippen LogP contribution in [0.4, 0.5) is 5.69 Å². The fourth-order valence-electron chi connectivity index (χ4n) is 5.04. The number of carbonyl (C=O) groups is 2. The molecule has 1 atom stereocenters. The zero-order chi connectivity index (χ0) is 22.7. The van der Waals surface area contributed by atoms with E-state index in [0.717, 1.165) is 44.1 Å². The molecule has 1 saturated heterocycles. The minimum absolute atomic E-state index is 0.187. The number of hydrogen-bond donors (Lipinski definition) is 1. The van der Waals surface area contributed by atoms with Gasteiger partial charge in [0.15, 0.2) is 0 Å². The highest BCUT2D eigenvalue weighted by Gasteiger charge is 2.38.